The third kappa shape index (κ3) is 4.83. The van der Waals surface area contributed by atoms with Crippen LogP contribution in [0.1, 0.15) is 32.8 Å². The predicted molar refractivity (Wildman–Crippen MR) is 91.5 cm³/mol. The van der Waals surface area contributed by atoms with Gasteiger partial charge in [-0.25, -0.2) is 13.1 Å². The molecule has 0 saturated carbocycles. The van der Waals surface area contributed by atoms with Gasteiger partial charge in [-0.3, -0.25) is 0 Å². The molecule has 0 saturated heterocycles. The lowest BCUT2D eigenvalue weighted by Gasteiger charge is -2.31. The second kappa shape index (κ2) is 7.51. The fourth-order valence-electron chi connectivity index (χ4n) is 2.70. The number of nitrogens with two attached hydrogens (primary N) is 1. The van der Waals surface area contributed by atoms with Crippen LogP contribution in [0.5, 0.6) is 11.5 Å². The number of ether oxygens (including phenoxy) is 2. The first-order valence-electron chi connectivity index (χ1n) is 7.55. The SMILES string of the molecule is COc1cc(C)c(S(=O)(=O)NC(C)(CN)CC(C)C)cc1OC. The molecule has 0 aliphatic rings. The van der Waals surface area contributed by atoms with E-state index in [-0.39, 0.29) is 11.4 Å². The summed E-state index contributed by atoms with van der Waals surface area (Å²) in [5.74, 6) is 1.18. The van der Waals surface area contributed by atoms with Crippen molar-refractivity contribution in [3.63, 3.8) is 0 Å². The van der Waals surface area contributed by atoms with Crippen LogP contribution in [-0.2, 0) is 10.0 Å². The van der Waals surface area contributed by atoms with E-state index in [4.69, 9.17) is 15.2 Å². The van der Waals surface area contributed by atoms with Gasteiger partial charge in [-0.2, -0.15) is 0 Å². The number of benzene rings is 1. The lowest BCUT2D eigenvalue weighted by atomic mass is 9.92. The standard InChI is InChI=1S/C16H28N2O4S/c1-11(2)9-16(4,10-17)18-23(19,20)15-8-14(22-6)13(21-5)7-12(15)3/h7-8,11,18H,9-10,17H2,1-6H3. The molecular formula is C16H28N2O4S. The van der Waals surface area contributed by atoms with Crippen molar-refractivity contribution >= 4 is 10.0 Å². The topological polar surface area (TPSA) is 90.7 Å². The van der Waals surface area contributed by atoms with Crippen LogP contribution in [0.25, 0.3) is 0 Å². The van der Waals surface area contributed by atoms with Gasteiger partial charge in [0.1, 0.15) is 0 Å². The Morgan fingerprint density at radius 2 is 1.74 bits per heavy atom. The van der Waals surface area contributed by atoms with E-state index in [0.29, 0.717) is 29.4 Å². The van der Waals surface area contributed by atoms with Gasteiger partial charge >= 0.3 is 0 Å². The van der Waals surface area contributed by atoms with Crippen molar-refractivity contribution in [1.82, 2.24) is 4.72 Å². The molecule has 0 radical (unpaired) electrons. The molecule has 0 heterocycles. The molecule has 0 bridgehead atoms. The summed E-state index contributed by atoms with van der Waals surface area (Å²) in [6.45, 7) is 7.82. The Kier molecular flexibility index (Phi) is 6.44. The van der Waals surface area contributed by atoms with E-state index in [9.17, 15) is 8.42 Å². The van der Waals surface area contributed by atoms with Gasteiger partial charge in [0.05, 0.1) is 19.1 Å². The molecule has 0 aliphatic heterocycles. The molecule has 0 spiro atoms. The monoisotopic (exact) mass is 344 g/mol. The van der Waals surface area contributed by atoms with Crippen LogP contribution in [0, 0.1) is 12.8 Å². The van der Waals surface area contributed by atoms with Crippen molar-refractivity contribution in [3.8, 4) is 11.5 Å². The number of aryl methyl sites for hydroxylation is 1. The molecule has 1 unspecified atom stereocenters. The zero-order valence-corrected chi connectivity index (χ0v) is 15.6. The predicted octanol–water partition coefficient (Wildman–Crippen LogP) is 2.05. The molecule has 0 fully saturated rings. The highest BCUT2D eigenvalue weighted by Gasteiger charge is 2.31. The van der Waals surface area contributed by atoms with Gasteiger partial charge in [-0.15, -0.1) is 0 Å². The fourth-order valence-corrected chi connectivity index (χ4v) is 4.37. The van der Waals surface area contributed by atoms with Crippen LogP contribution in [0.3, 0.4) is 0 Å². The Balaban J connectivity index is 3.28. The van der Waals surface area contributed by atoms with Gasteiger partial charge in [0.25, 0.3) is 0 Å². The molecule has 1 rings (SSSR count). The number of rotatable bonds is 8. The van der Waals surface area contributed by atoms with Gasteiger partial charge in [0.15, 0.2) is 11.5 Å². The first-order chi connectivity index (χ1) is 10.6. The first-order valence-corrected chi connectivity index (χ1v) is 9.03. The number of hydrogen-bond acceptors (Lipinski definition) is 5. The molecule has 1 atom stereocenters. The van der Waals surface area contributed by atoms with Crippen LogP contribution in [0.15, 0.2) is 17.0 Å². The van der Waals surface area contributed by atoms with Crippen LogP contribution < -0.4 is 19.9 Å². The smallest absolute Gasteiger partial charge is 0.241 e. The summed E-state index contributed by atoms with van der Waals surface area (Å²) in [6.07, 6.45) is 0.648. The lowest BCUT2D eigenvalue weighted by Crippen LogP contribution is -2.52. The molecule has 23 heavy (non-hydrogen) atoms. The minimum Gasteiger partial charge on any atom is -0.493 e. The second-order valence-corrected chi connectivity index (χ2v) is 8.09. The quantitative estimate of drug-likeness (QED) is 0.753. The zero-order chi connectivity index (χ0) is 17.8. The lowest BCUT2D eigenvalue weighted by molar-refractivity contribution is 0.343. The summed E-state index contributed by atoms with van der Waals surface area (Å²) in [5, 5.41) is 0. The van der Waals surface area contributed by atoms with E-state index in [2.05, 4.69) is 4.72 Å². The van der Waals surface area contributed by atoms with Crippen molar-refractivity contribution in [2.24, 2.45) is 11.7 Å². The molecule has 1 aromatic carbocycles. The fraction of sp³-hybridized carbons (Fsp3) is 0.625. The highest BCUT2D eigenvalue weighted by Crippen LogP contribution is 2.33. The van der Waals surface area contributed by atoms with Gasteiger partial charge < -0.3 is 15.2 Å². The van der Waals surface area contributed by atoms with Crippen molar-refractivity contribution in [2.45, 2.75) is 44.6 Å². The van der Waals surface area contributed by atoms with E-state index >= 15 is 0 Å². The summed E-state index contributed by atoms with van der Waals surface area (Å²) in [6, 6.07) is 3.12. The third-order valence-corrected chi connectivity index (χ3v) is 5.44. The van der Waals surface area contributed by atoms with Crippen LogP contribution >= 0.6 is 0 Å². The molecule has 3 N–H and O–H groups in total. The maximum absolute atomic E-state index is 12.8. The van der Waals surface area contributed by atoms with E-state index < -0.39 is 15.6 Å². The Labute approximate surface area is 139 Å². The Morgan fingerprint density at radius 3 is 2.17 bits per heavy atom. The van der Waals surface area contributed by atoms with Gasteiger partial charge in [-0.05, 0) is 37.8 Å². The minimum absolute atomic E-state index is 0.165. The Bertz CT molecular complexity index is 644. The molecule has 7 heteroatoms. The maximum Gasteiger partial charge on any atom is 0.241 e. The van der Waals surface area contributed by atoms with Crippen LogP contribution in [0.4, 0.5) is 0 Å². The normalized spacial score (nSPS) is 14.6. The Morgan fingerprint density at radius 1 is 1.22 bits per heavy atom. The summed E-state index contributed by atoms with van der Waals surface area (Å²) < 4.78 is 38.8. The van der Waals surface area contributed by atoms with E-state index in [0.717, 1.165) is 0 Å². The molecule has 1 aromatic rings. The largest absolute Gasteiger partial charge is 0.493 e. The number of nitrogens with one attached hydrogen (secondary N) is 1. The molecule has 6 nitrogen and oxygen atoms in total. The maximum atomic E-state index is 12.8. The van der Waals surface area contributed by atoms with Crippen LogP contribution in [0.2, 0.25) is 0 Å². The first kappa shape index (κ1) is 19.7. The van der Waals surface area contributed by atoms with E-state index in [1.165, 1.54) is 20.3 Å². The van der Waals surface area contributed by atoms with E-state index in [1.54, 1.807) is 13.0 Å². The van der Waals surface area contributed by atoms with Crippen molar-refractivity contribution < 1.29 is 17.9 Å². The van der Waals surface area contributed by atoms with Crippen LogP contribution in [-0.4, -0.2) is 34.7 Å². The van der Waals surface area contributed by atoms with Gasteiger partial charge in [0, 0.05) is 18.2 Å². The van der Waals surface area contributed by atoms with Gasteiger partial charge in [-0.1, -0.05) is 13.8 Å². The Hall–Kier alpha value is -1.31. The van der Waals surface area contributed by atoms with Crippen molar-refractivity contribution in [3.05, 3.63) is 17.7 Å². The highest BCUT2D eigenvalue weighted by molar-refractivity contribution is 7.89. The summed E-state index contributed by atoms with van der Waals surface area (Å²) in [4.78, 5) is 0.165. The van der Waals surface area contributed by atoms with Crippen molar-refractivity contribution in [1.29, 1.82) is 0 Å². The molecule has 0 aromatic heterocycles. The summed E-state index contributed by atoms with van der Waals surface area (Å²) in [5.41, 5.74) is 5.69. The van der Waals surface area contributed by atoms with E-state index in [1.807, 2.05) is 20.8 Å². The average Bonchev–Trinajstić information content (AvgIpc) is 2.45. The minimum atomic E-state index is -3.73. The summed E-state index contributed by atoms with van der Waals surface area (Å²) in [7, 11) is -0.746. The molecule has 0 amide bonds. The summed E-state index contributed by atoms with van der Waals surface area (Å²) >= 11 is 0. The number of hydrogen-bond donors (Lipinski definition) is 2. The third-order valence-electron chi connectivity index (χ3n) is 3.66. The van der Waals surface area contributed by atoms with Gasteiger partial charge in [0.2, 0.25) is 10.0 Å². The second-order valence-electron chi connectivity index (χ2n) is 6.44. The zero-order valence-electron chi connectivity index (χ0n) is 14.8. The molecule has 132 valence electrons. The number of methoxy groups -OCH3 is 2. The average molecular weight is 344 g/mol. The molecule has 0 aliphatic carbocycles. The number of sulfonamides is 1. The molecular weight excluding hydrogens is 316 g/mol. The van der Waals surface area contributed by atoms with Crippen molar-refractivity contribution in [2.75, 3.05) is 20.8 Å². The highest BCUT2D eigenvalue weighted by atomic mass is 32.2.